The molecule has 0 atom stereocenters. The van der Waals surface area contributed by atoms with E-state index < -0.39 is 11.9 Å². The second kappa shape index (κ2) is 8.47. The summed E-state index contributed by atoms with van der Waals surface area (Å²) < 4.78 is 4.95. The van der Waals surface area contributed by atoms with Crippen molar-refractivity contribution in [1.82, 2.24) is 4.98 Å². The van der Waals surface area contributed by atoms with Crippen molar-refractivity contribution in [3.63, 3.8) is 0 Å². The number of anilines is 2. The number of hydrogen-bond donors (Lipinski definition) is 2. The van der Waals surface area contributed by atoms with Crippen molar-refractivity contribution < 1.29 is 14.3 Å². The van der Waals surface area contributed by atoms with Crippen LogP contribution >= 0.6 is 0 Å². The van der Waals surface area contributed by atoms with Crippen LogP contribution in [0.4, 0.5) is 11.5 Å². The molecule has 0 aliphatic carbocycles. The Labute approximate surface area is 140 Å². The maximum atomic E-state index is 12.5. The fraction of sp³-hybridized carbons (Fsp3) is 0.167. The number of benzene rings is 1. The zero-order chi connectivity index (χ0) is 17.4. The smallest absolute Gasteiger partial charge is 0.345 e. The van der Waals surface area contributed by atoms with Gasteiger partial charge in [-0.3, -0.25) is 4.79 Å². The maximum absolute atomic E-state index is 12.5. The van der Waals surface area contributed by atoms with Crippen molar-refractivity contribution >= 4 is 23.4 Å². The van der Waals surface area contributed by atoms with Crippen molar-refractivity contribution in [2.24, 2.45) is 0 Å². The molecule has 0 saturated heterocycles. The van der Waals surface area contributed by atoms with Gasteiger partial charge in [-0.15, -0.1) is 0 Å². The molecule has 0 radical (unpaired) electrons. The number of aromatic nitrogens is 1. The monoisotopic (exact) mass is 325 g/mol. The first kappa shape index (κ1) is 17.2. The number of nitrogens with one attached hydrogen (secondary N) is 2. The molecular weight excluding hydrogens is 306 g/mol. The summed E-state index contributed by atoms with van der Waals surface area (Å²) in [7, 11) is 0. The van der Waals surface area contributed by atoms with Gasteiger partial charge in [0.15, 0.2) is 0 Å². The number of pyridine rings is 1. The van der Waals surface area contributed by atoms with E-state index in [1.165, 1.54) is 6.20 Å². The van der Waals surface area contributed by atoms with E-state index in [-0.39, 0.29) is 12.2 Å². The number of hydrogen-bond acceptors (Lipinski definition) is 5. The first-order valence-electron chi connectivity index (χ1n) is 7.53. The SMILES string of the molecule is CCOC(=O)/C(=C/Nc1ccccn1)C(=O)Nc1ccccc1C. The molecule has 2 N–H and O–H groups in total. The number of nitrogens with zero attached hydrogens (tertiary/aromatic N) is 1. The van der Waals surface area contributed by atoms with Crippen LogP contribution in [0, 0.1) is 6.92 Å². The molecule has 0 saturated carbocycles. The maximum Gasteiger partial charge on any atom is 0.345 e. The van der Waals surface area contributed by atoms with Gasteiger partial charge in [-0.05, 0) is 37.6 Å². The second-order valence-corrected chi connectivity index (χ2v) is 4.91. The standard InChI is InChI=1S/C18H19N3O3/c1-3-24-18(23)14(12-20-16-10-6-7-11-19-16)17(22)21-15-9-5-4-8-13(15)2/h4-12H,3H2,1-2H3,(H,19,20)(H,21,22)/b14-12+. The third-order valence-electron chi connectivity index (χ3n) is 3.16. The largest absolute Gasteiger partial charge is 0.462 e. The van der Waals surface area contributed by atoms with Crippen molar-refractivity contribution in [2.45, 2.75) is 13.8 Å². The quantitative estimate of drug-likeness (QED) is 0.369. The summed E-state index contributed by atoms with van der Waals surface area (Å²) in [5.74, 6) is -0.735. The minimum absolute atomic E-state index is 0.134. The Kier molecular flexibility index (Phi) is 6.08. The Morgan fingerprint density at radius 2 is 1.92 bits per heavy atom. The predicted octanol–water partition coefficient (Wildman–Crippen LogP) is 2.89. The van der Waals surface area contributed by atoms with Crippen LogP contribution in [-0.2, 0) is 14.3 Å². The van der Waals surface area contributed by atoms with Crippen LogP contribution in [0.2, 0.25) is 0 Å². The van der Waals surface area contributed by atoms with Gasteiger partial charge in [0.1, 0.15) is 11.4 Å². The molecule has 0 aliphatic rings. The molecule has 1 heterocycles. The van der Waals surface area contributed by atoms with E-state index in [0.29, 0.717) is 11.5 Å². The minimum atomic E-state index is -0.702. The number of carbonyl (C=O) groups excluding carboxylic acids is 2. The Morgan fingerprint density at radius 1 is 1.17 bits per heavy atom. The average molecular weight is 325 g/mol. The fourth-order valence-corrected chi connectivity index (χ4v) is 1.92. The van der Waals surface area contributed by atoms with Crippen LogP contribution in [-0.4, -0.2) is 23.5 Å². The summed E-state index contributed by atoms with van der Waals surface area (Å²) >= 11 is 0. The van der Waals surface area contributed by atoms with E-state index in [1.54, 1.807) is 37.4 Å². The molecule has 0 fully saturated rings. The molecule has 6 nitrogen and oxygen atoms in total. The van der Waals surface area contributed by atoms with Gasteiger partial charge in [-0.25, -0.2) is 9.78 Å². The van der Waals surface area contributed by atoms with Gasteiger partial charge in [0.2, 0.25) is 0 Å². The lowest BCUT2D eigenvalue weighted by Gasteiger charge is -2.10. The van der Waals surface area contributed by atoms with E-state index >= 15 is 0 Å². The Bertz CT molecular complexity index is 742. The van der Waals surface area contributed by atoms with Crippen LogP contribution in [0.5, 0.6) is 0 Å². The van der Waals surface area contributed by atoms with E-state index in [9.17, 15) is 9.59 Å². The van der Waals surface area contributed by atoms with Gasteiger partial charge in [0.05, 0.1) is 6.61 Å². The minimum Gasteiger partial charge on any atom is -0.462 e. The molecule has 0 aliphatic heterocycles. The van der Waals surface area contributed by atoms with Crippen LogP contribution in [0.3, 0.4) is 0 Å². The number of carbonyl (C=O) groups is 2. The molecule has 1 aromatic carbocycles. The third kappa shape index (κ3) is 4.67. The number of para-hydroxylation sites is 1. The molecule has 2 aromatic rings. The zero-order valence-electron chi connectivity index (χ0n) is 13.6. The fourth-order valence-electron chi connectivity index (χ4n) is 1.92. The van der Waals surface area contributed by atoms with Crippen LogP contribution in [0.15, 0.2) is 60.4 Å². The number of esters is 1. The van der Waals surface area contributed by atoms with Crippen molar-refractivity contribution in [3.8, 4) is 0 Å². The molecule has 2 rings (SSSR count). The zero-order valence-corrected chi connectivity index (χ0v) is 13.6. The topological polar surface area (TPSA) is 80.3 Å². The van der Waals surface area contributed by atoms with Crippen LogP contribution < -0.4 is 10.6 Å². The van der Waals surface area contributed by atoms with E-state index in [0.717, 1.165) is 5.56 Å². The molecule has 1 amide bonds. The van der Waals surface area contributed by atoms with Crippen LogP contribution in [0.25, 0.3) is 0 Å². The van der Waals surface area contributed by atoms with E-state index in [1.807, 2.05) is 25.1 Å². The Balaban J connectivity index is 2.20. The lowest BCUT2D eigenvalue weighted by atomic mass is 10.2. The van der Waals surface area contributed by atoms with E-state index in [2.05, 4.69) is 15.6 Å². The lowest BCUT2D eigenvalue weighted by Crippen LogP contribution is -2.23. The predicted molar refractivity (Wildman–Crippen MR) is 92.4 cm³/mol. The molecule has 1 aromatic heterocycles. The van der Waals surface area contributed by atoms with Gasteiger partial charge in [0.25, 0.3) is 5.91 Å². The number of rotatable bonds is 6. The molecule has 0 bridgehead atoms. The number of aryl methyl sites for hydroxylation is 1. The third-order valence-corrected chi connectivity index (χ3v) is 3.16. The summed E-state index contributed by atoms with van der Waals surface area (Å²) in [5.41, 5.74) is 1.40. The van der Waals surface area contributed by atoms with Gasteiger partial charge >= 0.3 is 5.97 Å². The first-order chi connectivity index (χ1) is 11.6. The Morgan fingerprint density at radius 3 is 2.58 bits per heavy atom. The average Bonchev–Trinajstić information content (AvgIpc) is 2.58. The van der Waals surface area contributed by atoms with Crippen molar-refractivity contribution in [1.29, 1.82) is 0 Å². The highest BCUT2D eigenvalue weighted by Crippen LogP contribution is 2.15. The normalized spacial score (nSPS) is 10.8. The van der Waals surface area contributed by atoms with Crippen molar-refractivity contribution in [2.75, 3.05) is 17.2 Å². The molecule has 124 valence electrons. The molecule has 0 spiro atoms. The van der Waals surface area contributed by atoms with E-state index in [4.69, 9.17) is 4.74 Å². The highest BCUT2D eigenvalue weighted by atomic mass is 16.5. The summed E-state index contributed by atoms with van der Waals surface area (Å²) in [6, 6.07) is 12.6. The van der Waals surface area contributed by atoms with Gasteiger partial charge in [0, 0.05) is 18.1 Å². The summed E-state index contributed by atoms with van der Waals surface area (Å²) in [6.07, 6.45) is 2.90. The molecular formula is C18H19N3O3. The Hall–Kier alpha value is -3.15. The van der Waals surface area contributed by atoms with Crippen LogP contribution in [0.1, 0.15) is 12.5 Å². The van der Waals surface area contributed by atoms with Gasteiger partial charge in [-0.1, -0.05) is 24.3 Å². The number of amides is 1. The lowest BCUT2D eigenvalue weighted by molar-refractivity contribution is -0.139. The summed E-state index contributed by atoms with van der Waals surface area (Å²) in [5, 5.41) is 5.55. The second-order valence-electron chi connectivity index (χ2n) is 4.91. The van der Waals surface area contributed by atoms with Gasteiger partial charge < -0.3 is 15.4 Å². The number of ether oxygens (including phenoxy) is 1. The molecule has 0 unspecified atom stereocenters. The van der Waals surface area contributed by atoms with Gasteiger partial charge in [-0.2, -0.15) is 0 Å². The molecule has 6 heteroatoms. The summed E-state index contributed by atoms with van der Waals surface area (Å²) in [6.45, 7) is 3.73. The molecule has 24 heavy (non-hydrogen) atoms. The highest BCUT2D eigenvalue weighted by Gasteiger charge is 2.20. The first-order valence-corrected chi connectivity index (χ1v) is 7.53. The highest BCUT2D eigenvalue weighted by molar-refractivity contribution is 6.21. The summed E-state index contributed by atoms with van der Waals surface area (Å²) in [4.78, 5) is 28.6. The van der Waals surface area contributed by atoms with Crippen molar-refractivity contribution in [3.05, 3.63) is 66.0 Å².